The minimum absolute atomic E-state index is 0.283. The van der Waals surface area contributed by atoms with Gasteiger partial charge in [-0.1, -0.05) is 12.1 Å². The largest absolute Gasteiger partial charge is 0.381 e. The third kappa shape index (κ3) is 3.77. The predicted molar refractivity (Wildman–Crippen MR) is 105 cm³/mol. The van der Waals surface area contributed by atoms with Gasteiger partial charge in [0.15, 0.2) is 0 Å². The van der Waals surface area contributed by atoms with E-state index in [1.165, 1.54) is 10.4 Å². The second kappa shape index (κ2) is 7.53. The Morgan fingerprint density at radius 2 is 1.96 bits per heavy atom. The topological polar surface area (TPSA) is 73.1 Å². The van der Waals surface area contributed by atoms with Crippen molar-refractivity contribution in [3.05, 3.63) is 65.4 Å². The summed E-state index contributed by atoms with van der Waals surface area (Å²) in [6.45, 7) is 2.20. The Morgan fingerprint density at radius 1 is 1.15 bits per heavy atom. The molecule has 0 unspecified atom stereocenters. The van der Waals surface area contributed by atoms with Gasteiger partial charge in [0.25, 0.3) is 0 Å². The van der Waals surface area contributed by atoms with Gasteiger partial charge in [-0.05, 0) is 42.7 Å². The molecule has 0 amide bonds. The number of nitrogens with zero attached hydrogens (tertiary/aromatic N) is 2. The van der Waals surface area contributed by atoms with Gasteiger partial charge in [-0.2, -0.15) is 0 Å². The summed E-state index contributed by atoms with van der Waals surface area (Å²) in [6, 6.07) is 12.4. The molecule has 1 aliphatic rings. The maximum atomic E-state index is 6.60. The first-order valence-corrected chi connectivity index (χ1v) is 9.61. The van der Waals surface area contributed by atoms with Gasteiger partial charge >= 0.3 is 0 Å². The van der Waals surface area contributed by atoms with Crippen molar-refractivity contribution in [1.82, 2.24) is 9.97 Å². The van der Waals surface area contributed by atoms with Gasteiger partial charge in [0.05, 0.1) is 6.54 Å². The Hall–Kier alpha value is -2.28. The highest BCUT2D eigenvalue weighted by atomic mass is 32.1. The minimum Gasteiger partial charge on any atom is -0.381 e. The van der Waals surface area contributed by atoms with Crippen LogP contribution in [0.15, 0.2) is 55.0 Å². The van der Waals surface area contributed by atoms with Crippen LogP contribution in [0.3, 0.4) is 0 Å². The quantitative estimate of drug-likeness (QED) is 0.719. The lowest BCUT2D eigenvalue weighted by Crippen LogP contribution is -2.42. The highest BCUT2D eigenvalue weighted by Crippen LogP contribution is 2.31. The Bertz CT molecular complexity index is 859. The second-order valence-corrected chi connectivity index (χ2v) is 7.69. The maximum Gasteiger partial charge on any atom is 0.123 e. The molecular formula is C20H22N4OS. The number of nitrogens with two attached hydrogens (primary N) is 1. The summed E-state index contributed by atoms with van der Waals surface area (Å²) in [6.07, 6.45) is 7.24. The molecule has 1 fully saturated rings. The van der Waals surface area contributed by atoms with Crippen molar-refractivity contribution in [3.63, 3.8) is 0 Å². The van der Waals surface area contributed by atoms with E-state index in [1.54, 1.807) is 23.7 Å². The number of anilines is 1. The normalized spacial score (nSPS) is 16.3. The fourth-order valence-corrected chi connectivity index (χ4v) is 4.03. The van der Waals surface area contributed by atoms with Gasteiger partial charge in [0, 0.05) is 53.5 Å². The van der Waals surface area contributed by atoms with Crippen LogP contribution >= 0.6 is 11.3 Å². The lowest BCUT2D eigenvalue weighted by Gasteiger charge is -2.34. The summed E-state index contributed by atoms with van der Waals surface area (Å²) in [7, 11) is 0. The number of rotatable bonds is 5. The molecule has 0 radical (unpaired) electrons. The van der Waals surface area contributed by atoms with Crippen molar-refractivity contribution in [2.45, 2.75) is 24.9 Å². The SMILES string of the molecule is NC1(c2cccc(NCc3cnc(-c4ccncc4)s3)c2)CCOCC1. The molecule has 3 heterocycles. The van der Waals surface area contributed by atoms with Crippen molar-refractivity contribution in [1.29, 1.82) is 0 Å². The molecule has 0 atom stereocenters. The molecule has 1 aromatic carbocycles. The van der Waals surface area contributed by atoms with Gasteiger partial charge in [-0.3, -0.25) is 4.98 Å². The van der Waals surface area contributed by atoms with E-state index in [0.717, 1.165) is 48.9 Å². The first-order chi connectivity index (χ1) is 12.7. The fraction of sp³-hybridized carbons (Fsp3) is 0.300. The molecule has 5 nitrogen and oxygen atoms in total. The van der Waals surface area contributed by atoms with Crippen LogP contribution < -0.4 is 11.1 Å². The van der Waals surface area contributed by atoms with Gasteiger partial charge in [-0.25, -0.2) is 4.98 Å². The lowest BCUT2D eigenvalue weighted by molar-refractivity contribution is 0.0523. The van der Waals surface area contributed by atoms with Crippen molar-refractivity contribution in [2.75, 3.05) is 18.5 Å². The molecular weight excluding hydrogens is 344 g/mol. The number of aromatic nitrogens is 2. The van der Waals surface area contributed by atoms with Gasteiger partial charge in [-0.15, -0.1) is 11.3 Å². The number of nitrogens with one attached hydrogen (secondary N) is 1. The van der Waals surface area contributed by atoms with E-state index in [2.05, 4.69) is 39.6 Å². The molecule has 6 heteroatoms. The zero-order valence-electron chi connectivity index (χ0n) is 14.5. The van der Waals surface area contributed by atoms with E-state index in [9.17, 15) is 0 Å². The Balaban J connectivity index is 1.44. The second-order valence-electron chi connectivity index (χ2n) is 6.57. The lowest BCUT2D eigenvalue weighted by atomic mass is 9.83. The monoisotopic (exact) mass is 366 g/mol. The van der Waals surface area contributed by atoms with E-state index in [-0.39, 0.29) is 5.54 Å². The van der Waals surface area contributed by atoms with Crippen LogP contribution in [0.1, 0.15) is 23.3 Å². The molecule has 1 saturated heterocycles. The number of pyridine rings is 1. The van der Waals surface area contributed by atoms with Crippen LogP contribution in [0.25, 0.3) is 10.6 Å². The van der Waals surface area contributed by atoms with Crippen LogP contribution in [-0.4, -0.2) is 23.2 Å². The van der Waals surface area contributed by atoms with Crippen LogP contribution in [0.5, 0.6) is 0 Å². The maximum absolute atomic E-state index is 6.60. The van der Waals surface area contributed by atoms with Crippen molar-refractivity contribution >= 4 is 17.0 Å². The van der Waals surface area contributed by atoms with Crippen molar-refractivity contribution in [2.24, 2.45) is 5.73 Å². The number of hydrogen-bond donors (Lipinski definition) is 2. The van der Waals surface area contributed by atoms with E-state index in [4.69, 9.17) is 10.5 Å². The van der Waals surface area contributed by atoms with Gasteiger partial charge in [0.1, 0.15) is 5.01 Å². The Morgan fingerprint density at radius 3 is 2.77 bits per heavy atom. The first-order valence-electron chi connectivity index (χ1n) is 8.79. The fourth-order valence-electron chi connectivity index (χ4n) is 3.17. The molecule has 0 saturated carbocycles. The van der Waals surface area contributed by atoms with E-state index in [1.807, 2.05) is 18.3 Å². The Kier molecular flexibility index (Phi) is 4.97. The van der Waals surface area contributed by atoms with Crippen molar-refractivity contribution in [3.8, 4) is 10.6 Å². The van der Waals surface area contributed by atoms with Crippen LogP contribution in [0.4, 0.5) is 5.69 Å². The zero-order chi connectivity index (χ0) is 17.8. The average molecular weight is 366 g/mol. The third-order valence-corrected chi connectivity index (χ3v) is 5.82. The molecule has 0 aliphatic carbocycles. The molecule has 2 aromatic heterocycles. The first kappa shape index (κ1) is 17.1. The summed E-state index contributed by atoms with van der Waals surface area (Å²) in [4.78, 5) is 9.76. The standard InChI is InChI=1S/C20H22N4OS/c21-20(6-10-25-11-7-20)16-2-1-3-17(12-16)23-13-18-14-24-19(26-18)15-4-8-22-9-5-15/h1-5,8-9,12,14,23H,6-7,10-11,13,21H2. The number of hydrogen-bond acceptors (Lipinski definition) is 6. The molecule has 0 spiro atoms. The zero-order valence-corrected chi connectivity index (χ0v) is 15.3. The molecule has 26 heavy (non-hydrogen) atoms. The summed E-state index contributed by atoms with van der Waals surface area (Å²) in [5.74, 6) is 0. The number of benzene rings is 1. The van der Waals surface area contributed by atoms with Gasteiger partial charge < -0.3 is 15.8 Å². The van der Waals surface area contributed by atoms with Gasteiger partial charge in [0.2, 0.25) is 0 Å². The highest BCUT2D eigenvalue weighted by molar-refractivity contribution is 7.15. The molecule has 0 bridgehead atoms. The third-order valence-electron chi connectivity index (χ3n) is 4.77. The van der Waals surface area contributed by atoms with Crippen molar-refractivity contribution < 1.29 is 4.74 Å². The summed E-state index contributed by atoms with van der Waals surface area (Å²) < 4.78 is 5.46. The minimum atomic E-state index is -0.283. The summed E-state index contributed by atoms with van der Waals surface area (Å²) in [5.41, 5.74) is 9.68. The molecule has 3 N–H and O–H groups in total. The predicted octanol–water partition coefficient (Wildman–Crippen LogP) is 3.78. The Labute approximate surface area is 157 Å². The molecule has 3 aromatic rings. The summed E-state index contributed by atoms with van der Waals surface area (Å²) in [5, 5.41) is 4.51. The average Bonchev–Trinajstić information content (AvgIpc) is 3.17. The number of thiazole rings is 1. The van der Waals surface area contributed by atoms with E-state index in [0.29, 0.717) is 0 Å². The molecule has 4 rings (SSSR count). The van der Waals surface area contributed by atoms with Crippen LogP contribution in [-0.2, 0) is 16.8 Å². The van der Waals surface area contributed by atoms with Crippen LogP contribution in [0.2, 0.25) is 0 Å². The van der Waals surface area contributed by atoms with E-state index >= 15 is 0 Å². The smallest absolute Gasteiger partial charge is 0.123 e. The molecule has 134 valence electrons. The molecule has 1 aliphatic heterocycles. The summed E-state index contributed by atoms with van der Waals surface area (Å²) >= 11 is 1.69. The number of ether oxygens (including phenoxy) is 1. The highest BCUT2D eigenvalue weighted by Gasteiger charge is 2.29. The van der Waals surface area contributed by atoms with E-state index < -0.39 is 0 Å². The van der Waals surface area contributed by atoms with Crippen LogP contribution in [0, 0.1) is 0 Å².